The van der Waals surface area contributed by atoms with Crippen molar-refractivity contribution >= 4 is 27.5 Å². The zero-order chi connectivity index (χ0) is 12.4. The molecule has 4 heteroatoms. The van der Waals surface area contributed by atoms with Gasteiger partial charge >= 0.3 is 0 Å². The molecule has 1 aromatic rings. The number of hydrogen-bond donors (Lipinski definition) is 1. The van der Waals surface area contributed by atoms with Crippen LogP contribution in [0.2, 0.25) is 5.02 Å². The Morgan fingerprint density at radius 3 is 3.06 bits per heavy atom. The lowest BCUT2D eigenvalue weighted by Gasteiger charge is -2.28. The molecule has 2 rings (SSSR count). The van der Waals surface area contributed by atoms with E-state index in [9.17, 15) is 4.39 Å². The molecule has 0 aromatic heterocycles. The van der Waals surface area contributed by atoms with E-state index in [1.165, 1.54) is 6.07 Å². The molecule has 94 valence electrons. The number of halogens is 3. The minimum atomic E-state index is -0.140. The maximum atomic E-state index is 13.9. The fourth-order valence-electron chi connectivity index (χ4n) is 2.42. The first-order valence-electron chi connectivity index (χ1n) is 6.04. The van der Waals surface area contributed by atoms with E-state index in [-0.39, 0.29) is 11.9 Å². The molecule has 1 aliphatic rings. The molecular weight excluding hydrogens is 305 g/mol. The second-order valence-electron chi connectivity index (χ2n) is 4.45. The molecule has 0 fully saturated rings. The van der Waals surface area contributed by atoms with Crippen molar-refractivity contribution in [1.29, 1.82) is 0 Å². The molecule has 1 aliphatic carbocycles. The smallest absolute Gasteiger partial charge is 0.127 e. The minimum absolute atomic E-state index is 0.140. The molecule has 0 heterocycles. The normalized spacial score (nSPS) is 19.2. The summed E-state index contributed by atoms with van der Waals surface area (Å²) in [5, 5.41) is 4.11. The molecule has 1 aromatic carbocycles. The Hall–Kier alpha value is -0.120. The first-order chi connectivity index (χ1) is 8.15. The van der Waals surface area contributed by atoms with Crippen molar-refractivity contribution in [3.63, 3.8) is 0 Å². The van der Waals surface area contributed by atoms with Gasteiger partial charge in [0.2, 0.25) is 0 Å². The van der Waals surface area contributed by atoms with Crippen LogP contribution in [0.1, 0.15) is 43.4 Å². The van der Waals surface area contributed by atoms with Gasteiger partial charge in [0.1, 0.15) is 5.82 Å². The van der Waals surface area contributed by atoms with Crippen LogP contribution < -0.4 is 5.32 Å². The lowest BCUT2D eigenvalue weighted by atomic mass is 9.87. The van der Waals surface area contributed by atoms with Gasteiger partial charge in [-0.3, -0.25) is 0 Å². The van der Waals surface area contributed by atoms with Crippen molar-refractivity contribution in [2.75, 3.05) is 6.54 Å². The second kappa shape index (κ2) is 5.68. The van der Waals surface area contributed by atoms with E-state index in [4.69, 9.17) is 11.6 Å². The van der Waals surface area contributed by atoms with E-state index in [2.05, 4.69) is 28.2 Å². The van der Waals surface area contributed by atoms with Gasteiger partial charge in [0.25, 0.3) is 0 Å². The summed E-state index contributed by atoms with van der Waals surface area (Å²) in [4.78, 5) is 0. The first kappa shape index (κ1) is 13.3. The number of nitrogens with one attached hydrogen (secondary N) is 1. The Labute approximate surface area is 115 Å². The topological polar surface area (TPSA) is 12.0 Å². The Kier molecular flexibility index (Phi) is 4.45. The third kappa shape index (κ3) is 2.67. The summed E-state index contributed by atoms with van der Waals surface area (Å²) in [5.41, 5.74) is 1.75. The zero-order valence-electron chi connectivity index (χ0n) is 9.82. The van der Waals surface area contributed by atoms with Crippen molar-refractivity contribution in [1.82, 2.24) is 5.32 Å². The highest BCUT2D eigenvalue weighted by Gasteiger charge is 2.26. The summed E-state index contributed by atoms with van der Waals surface area (Å²) in [6.45, 7) is 3.06. The molecule has 17 heavy (non-hydrogen) atoms. The number of benzene rings is 1. The summed E-state index contributed by atoms with van der Waals surface area (Å²) in [6.07, 6.45) is 3.91. The summed E-state index contributed by atoms with van der Waals surface area (Å²) in [5.74, 6) is -0.140. The van der Waals surface area contributed by atoms with Gasteiger partial charge in [-0.25, -0.2) is 4.39 Å². The van der Waals surface area contributed by atoms with E-state index >= 15 is 0 Å². The van der Waals surface area contributed by atoms with Crippen LogP contribution in [0.3, 0.4) is 0 Å². The van der Waals surface area contributed by atoms with Gasteiger partial charge in [0.15, 0.2) is 0 Å². The summed E-state index contributed by atoms with van der Waals surface area (Å²) in [6, 6.07) is 1.67. The molecule has 1 unspecified atom stereocenters. The molecule has 0 saturated heterocycles. The van der Waals surface area contributed by atoms with Crippen molar-refractivity contribution in [2.24, 2.45) is 0 Å². The highest BCUT2D eigenvalue weighted by atomic mass is 79.9. The molecule has 0 saturated carbocycles. The maximum absolute atomic E-state index is 13.9. The van der Waals surface area contributed by atoms with Crippen LogP contribution in [0, 0.1) is 5.82 Å². The zero-order valence-corrected chi connectivity index (χ0v) is 12.2. The molecule has 1 N–H and O–H groups in total. The quantitative estimate of drug-likeness (QED) is 0.801. The molecule has 0 spiro atoms. The molecule has 1 nitrogen and oxygen atoms in total. The number of rotatable bonds is 3. The predicted octanol–water partition coefficient (Wildman–Crippen LogP) is 4.62. The summed E-state index contributed by atoms with van der Waals surface area (Å²) < 4.78 is 14.5. The summed E-state index contributed by atoms with van der Waals surface area (Å²) >= 11 is 9.62. The van der Waals surface area contributed by atoms with Crippen LogP contribution in [0.4, 0.5) is 4.39 Å². The van der Waals surface area contributed by atoms with E-state index in [1.807, 2.05) is 0 Å². The number of hydrogen-bond acceptors (Lipinski definition) is 1. The lowest BCUT2D eigenvalue weighted by molar-refractivity contribution is 0.449. The van der Waals surface area contributed by atoms with Gasteiger partial charge in [-0.05, 0) is 65.4 Å². The summed E-state index contributed by atoms with van der Waals surface area (Å²) in [7, 11) is 0. The largest absolute Gasteiger partial charge is 0.310 e. The predicted molar refractivity (Wildman–Crippen MR) is 73.1 cm³/mol. The van der Waals surface area contributed by atoms with E-state index in [0.717, 1.165) is 43.4 Å². The maximum Gasteiger partial charge on any atom is 0.127 e. The van der Waals surface area contributed by atoms with Gasteiger partial charge in [-0.1, -0.05) is 18.5 Å². The number of fused-ring (bicyclic) bond motifs is 1. The van der Waals surface area contributed by atoms with Crippen molar-refractivity contribution in [3.8, 4) is 0 Å². The molecule has 0 bridgehead atoms. The van der Waals surface area contributed by atoms with Crippen molar-refractivity contribution < 1.29 is 4.39 Å². The van der Waals surface area contributed by atoms with Gasteiger partial charge in [-0.15, -0.1) is 0 Å². The third-order valence-electron chi connectivity index (χ3n) is 3.22. The second-order valence-corrected chi connectivity index (χ2v) is 5.68. The first-order valence-corrected chi connectivity index (χ1v) is 7.22. The van der Waals surface area contributed by atoms with Crippen molar-refractivity contribution in [2.45, 2.75) is 38.6 Å². The highest BCUT2D eigenvalue weighted by Crippen LogP contribution is 2.40. The van der Waals surface area contributed by atoms with Crippen molar-refractivity contribution in [3.05, 3.63) is 32.5 Å². The molecule has 0 radical (unpaired) electrons. The van der Waals surface area contributed by atoms with Gasteiger partial charge < -0.3 is 5.32 Å². The van der Waals surface area contributed by atoms with Crippen LogP contribution in [0.25, 0.3) is 0 Å². The van der Waals surface area contributed by atoms with Gasteiger partial charge in [-0.2, -0.15) is 0 Å². The monoisotopic (exact) mass is 319 g/mol. The highest BCUT2D eigenvalue weighted by molar-refractivity contribution is 9.10. The standard InChI is InChI=1S/C13H16BrClFN/c1-2-6-17-11-5-3-4-8-10(16)7-9(14)13(15)12(8)11/h7,11,17H,2-6H2,1H3. The van der Waals surface area contributed by atoms with Crippen LogP contribution in [-0.2, 0) is 6.42 Å². The van der Waals surface area contributed by atoms with E-state index < -0.39 is 0 Å². The molecule has 1 atom stereocenters. The molecular formula is C13H16BrClFN. The Morgan fingerprint density at radius 1 is 1.59 bits per heavy atom. The average Bonchev–Trinajstić information content (AvgIpc) is 2.33. The van der Waals surface area contributed by atoms with Crippen LogP contribution in [0.15, 0.2) is 10.5 Å². The average molecular weight is 321 g/mol. The van der Waals surface area contributed by atoms with E-state index in [0.29, 0.717) is 9.50 Å². The lowest BCUT2D eigenvalue weighted by Crippen LogP contribution is -2.27. The molecule has 0 amide bonds. The fraction of sp³-hybridized carbons (Fsp3) is 0.538. The minimum Gasteiger partial charge on any atom is -0.310 e. The Morgan fingerprint density at radius 2 is 2.35 bits per heavy atom. The van der Waals surface area contributed by atoms with Crippen LogP contribution in [-0.4, -0.2) is 6.54 Å². The Bertz CT molecular complexity index is 422. The van der Waals surface area contributed by atoms with Gasteiger partial charge in [0, 0.05) is 10.5 Å². The van der Waals surface area contributed by atoms with E-state index in [1.54, 1.807) is 0 Å². The van der Waals surface area contributed by atoms with Crippen LogP contribution in [0.5, 0.6) is 0 Å². The Balaban J connectivity index is 2.41. The van der Waals surface area contributed by atoms with Crippen LogP contribution >= 0.6 is 27.5 Å². The third-order valence-corrected chi connectivity index (χ3v) is 4.48. The SMILES string of the molecule is CCCNC1CCCc2c(F)cc(Br)c(Cl)c21. The molecule has 0 aliphatic heterocycles. The fourth-order valence-corrected chi connectivity index (χ4v) is 3.13. The van der Waals surface area contributed by atoms with Gasteiger partial charge in [0.05, 0.1) is 5.02 Å².